The SMILES string of the molecule is CCNC(=NCc1ccccc1OCC1CC1)NCC(=O)NC1CCCCC1. The summed E-state index contributed by atoms with van der Waals surface area (Å²) in [7, 11) is 0. The van der Waals surface area contributed by atoms with Crippen LogP contribution in [0.5, 0.6) is 5.75 Å². The molecule has 0 unspecified atom stereocenters. The normalized spacial score (nSPS) is 17.8. The van der Waals surface area contributed by atoms with Crippen LogP contribution in [-0.2, 0) is 11.3 Å². The molecule has 0 heterocycles. The minimum Gasteiger partial charge on any atom is -0.493 e. The second-order valence-electron chi connectivity index (χ2n) is 7.81. The summed E-state index contributed by atoms with van der Waals surface area (Å²) >= 11 is 0. The quantitative estimate of drug-likeness (QED) is 0.451. The van der Waals surface area contributed by atoms with Crippen LogP contribution in [0.2, 0.25) is 0 Å². The molecule has 1 amide bonds. The van der Waals surface area contributed by atoms with Gasteiger partial charge < -0.3 is 20.7 Å². The Bertz CT molecular complexity index is 652. The van der Waals surface area contributed by atoms with Crippen LogP contribution >= 0.6 is 0 Å². The van der Waals surface area contributed by atoms with Crippen molar-refractivity contribution >= 4 is 11.9 Å². The van der Waals surface area contributed by atoms with Crippen molar-refractivity contribution in [1.29, 1.82) is 0 Å². The molecule has 0 aromatic heterocycles. The van der Waals surface area contributed by atoms with E-state index in [1.54, 1.807) is 0 Å². The molecule has 28 heavy (non-hydrogen) atoms. The van der Waals surface area contributed by atoms with Gasteiger partial charge in [-0.05, 0) is 44.6 Å². The molecule has 0 saturated heterocycles. The monoisotopic (exact) mass is 386 g/mol. The maximum atomic E-state index is 12.2. The summed E-state index contributed by atoms with van der Waals surface area (Å²) in [5.74, 6) is 2.31. The number of aliphatic imine (C=N–C) groups is 1. The third-order valence-electron chi connectivity index (χ3n) is 5.28. The van der Waals surface area contributed by atoms with Crippen molar-refractivity contribution < 1.29 is 9.53 Å². The second-order valence-corrected chi connectivity index (χ2v) is 7.81. The first-order valence-electron chi connectivity index (χ1n) is 10.8. The fourth-order valence-electron chi connectivity index (χ4n) is 3.46. The number of rotatable bonds is 9. The Balaban J connectivity index is 1.49. The van der Waals surface area contributed by atoms with E-state index in [0.717, 1.165) is 43.2 Å². The van der Waals surface area contributed by atoms with Crippen LogP contribution < -0.4 is 20.7 Å². The number of nitrogens with one attached hydrogen (secondary N) is 3. The summed E-state index contributed by atoms with van der Waals surface area (Å²) in [6, 6.07) is 8.38. The predicted octanol–water partition coefficient (Wildman–Crippen LogP) is 2.98. The van der Waals surface area contributed by atoms with Crippen molar-refractivity contribution in [3.63, 3.8) is 0 Å². The molecule has 0 atom stereocenters. The summed E-state index contributed by atoms with van der Waals surface area (Å²) in [6.07, 6.45) is 8.45. The van der Waals surface area contributed by atoms with Crippen LogP contribution in [0.4, 0.5) is 0 Å². The van der Waals surface area contributed by atoms with E-state index in [2.05, 4.69) is 20.9 Å². The summed E-state index contributed by atoms with van der Waals surface area (Å²) in [4.78, 5) is 16.9. The van der Waals surface area contributed by atoms with E-state index >= 15 is 0 Å². The van der Waals surface area contributed by atoms with Gasteiger partial charge in [-0.15, -0.1) is 0 Å². The molecule has 3 rings (SSSR count). The number of hydrogen-bond acceptors (Lipinski definition) is 3. The Hall–Kier alpha value is -2.24. The van der Waals surface area contributed by atoms with Gasteiger partial charge in [-0.3, -0.25) is 4.79 Å². The van der Waals surface area contributed by atoms with Gasteiger partial charge in [0, 0.05) is 18.2 Å². The maximum Gasteiger partial charge on any atom is 0.239 e. The third-order valence-corrected chi connectivity index (χ3v) is 5.28. The van der Waals surface area contributed by atoms with Gasteiger partial charge in [-0.1, -0.05) is 37.5 Å². The Labute approximate surface area is 168 Å². The standard InChI is InChI=1S/C22H34N4O2/c1-2-23-22(25-15-21(27)26-19-9-4-3-5-10-19)24-14-18-8-6-7-11-20(18)28-16-17-12-13-17/h6-8,11,17,19H,2-5,9-10,12-16H2,1H3,(H,26,27)(H2,23,24,25). The Kier molecular flexibility index (Phi) is 8.00. The number of amides is 1. The number of carbonyl (C=O) groups is 1. The summed E-state index contributed by atoms with van der Waals surface area (Å²) in [5, 5.41) is 9.48. The summed E-state index contributed by atoms with van der Waals surface area (Å²) in [5.41, 5.74) is 1.06. The van der Waals surface area contributed by atoms with E-state index < -0.39 is 0 Å². The zero-order chi connectivity index (χ0) is 19.6. The molecule has 1 aromatic carbocycles. The predicted molar refractivity (Wildman–Crippen MR) is 112 cm³/mol. The van der Waals surface area contributed by atoms with Gasteiger partial charge in [-0.25, -0.2) is 4.99 Å². The first kappa shape index (κ1) is 20.5. The number of carbonyl (C=O) groups excluding carboxylic acids is 1. The number of ether oxygens (including phenoxy) is 1. The minimum absolute atomic E-state index is 0.0330. The largest absolute Gasteiger partial charge is 0.493 e. The van der Waals surface area contributed by atoms with E-state index in [1.165, 1.54) is 32.1 Å². The molecule has 2 saturated carbocycles. The van der Waals surface area contributed by atoms with Crippen LogP contribution in [0.15, 0.2) is 29.3 Å². The van der Waals surface area contributed by atoms with E-state index in [-0.39, 0.29) is 12.5 Å². The van der Waals surface area contributed by atoms with Crippen molar-refractivity contribution in [1.82, 2.24) is 16.0 Å². The van der Waals surface area contributed by atoms with E-state index in [0.29, 0.717) is 18.5 Å². The third kappa shape index (κ3) is 7.06. The first-order valence-corrected chi connectivity index (χ1v) is 10.8. The van der Waals surface area contributed by atoms with Crippen molar-refractivity contribution in [2.45, 2.75) is 64.5 Å². The molecule has 6 heteroatoms. The Morgan fingerprint density at radius 1 is 1.11 bits per heavy atom. The van der Waals surface area contributed by atoms with Crippen LogP contribution in [-0.4, -0.2) is 37.6 Å². The maximum absolute atomic E-state index is 12.2. The van der Waals surface area contributed by atoms with Crippen LogP contribution in [0, 0.1) is 5.92 Å². The van der Waals surface area contributed by atoms with Gasteiger partial charge in [0.2, 0.25) is 5.91 Å². The average Bonchev–Trinajstić information content (AvgIpc) is 3.54. The lowest BCUT2D eigenvalue weighted by Crippen LogP contribution is -2.46. The second kappa shape index (κ2) is 10.9. The molecule has 2 aliphatic rings. The van der Waals surface area contributed by atoms with Crippen molar-refractivity contribution in [3.8, 4) is 5.75 Å². The molecule has 0 radical (unpaired) electrons. The molecular formula is C22H34N4O2. The molecule has 0 spiro atoms. The topological polar surface area (TPSA) is 74.8 Å². The average molecular weight is 387 g/mol. The summed E-state index contributed by atoms with van der Waals surface area (Å²) < 4.78 is 5.96. The number of nitrogens with zero attached hydrogens (tertiary/aromatic N) is 1. The number of para-hydroxylation sites is 1. The van der Waals surface area contributed by atoms with Gasteiger partial charge in [0.05, 0.1) is 19.7 Å². The van der Waals surface area contributed by atoms with E-state index in [9.17, 15) is 4.79 Å². The Morgan fingerprint density at radius 3 is 2.64 bits per heavy atom. The molecular weight excluding hydrogens is 352 g/mol. The van der Waals surface area contributed by atoms with Crippen LogP contribution in [0.3, 0.4) is 0 Å². The lowest BCUT2D eigenvalue weighted by molar-refractivity contribution is -0.120. The van der Waals surface area contributed by atoms with Crippen LogP contribution in [0.1, 0.15) is 57.4 Å². The van der Waals surface area contributed by atoms with Gasteiger partial charge in [0.1, 0.15) is 5.75 Å². The highest BCUT2D eigenvalue weighted by atomic mass is 16.5. The highest BCUT2D eigenvalue weighted by Crippen LogP contribution is 2.30. The molecule has 0 bridgehead atoms. The molecule has 6 nitrogen and oxygen atoms in total. The highest BCUT2D eigenvalue weighted by Gasteiger charge is 2.22. The number of benzene rings is 1. The zero-order valence-corrected chi connectivity index (χ0v) is 17.0. The first-order chi connectivity index (χ1) is 13.7. The number of guanidine groups is 1. The lowest BCUT2D eigenvalue weighted by Gasteiger charge is -2.23. The molecule has 154 valence electrons. The van der Waals surface area contributed by atoms with Crippen molar-refractivity contribution in [2.24, 2.45) is 10.9 Å². The van der Waals surface area contributed by atoms with Crippen molar-refractivity contribution in [2.75, 3.05) is 19.7 Å². The van der Waals surface area contributed by atoms with Gasteiger partial charge in [-0.2, -0.15) is 0 Å². The molecule has 0 aliphatic heterocycles. The molecule has 2 aliphatic carbocycles. The van der Waals surface area contributed by atoms with Crippen molar-refractivity contribution in [3.05, 3.63) is 29.8 Å². The smallest absolute Gasteiger partial charge is 0.239 e. The fourth-order valence-corrected chi connectivity index (χ4v) is 3.46. The van der Waals surface area contributed by atoms with Crippen LogP contribution in [0.25, 0.3) is 0 Å². The summed E-state index contributed by atoms with van der Waals surface area (Å²) in [6.45, 7) is 4.31. The molecule has 1 aromatic rings. The fraction of sp³-hybridized carbons (Fsp3) is 0.636. The van der Waals surface area contributed by atoms with Gasteiger partial charge >= 0.3 is 0 Å². The molecule has 3 N–H and O–H groups in total. The zero-order valence-electron chi connectivity index (χ0n) is 17.0. The molecule has 2 fully saturated rings. The van der Waals surface area contributed by atoms with Gasteiger partial charge in [0.25, 0.3) is 0 Å². The van der Waals surface area contributed by atoms with E-state index in [1.807, 2.05) is 31.2 Å². The lowest BCUT2D eigenvalue weighted by atomic mass is 9.95. The highest BCUT2D eigenvalue weighted by molar-refractivity contribution is 5.86. The number of hydrogen-bond donors (Lipinski definition) is 3. The van der Waals surface area contributed by atoms with Gasteiger partial charge in [0.15, 0.2) is 5.96 Å². The van der Waals surface area contributed by atoms with E-state index in [4.69, 9.17) is 4.74 Å². The Morgan fingerprint density at radius 2 is 1.89 bits per heavy atom. The minimum atomic E-state index is 0.0330.